The first-order valence-corrected chi connectivity index (χ1v) is 6.35. The molecule has 2 rings (SSSR count). The predicted octanol–water partition coefficient (Wildman–Crippen LogP) is 1.03. The number of anilines is 2. The van der Waals surface area contributed by atoms with E-state index in [1.807, 2.05) is 12.1 Å². The number of benzene rings is 1. The monoisotopic (exact) mass is 247 g/mol. The Morgan fingerprint density at radius 1 is 1.17 bits per heavy atom. The largest absolute Gasteiger partial charge is 0.397 e. The lowest BCUT2D eigenvalue weighted by Crippen LogP contribution is -2.30. The third-order valence-corrected chi connectivity index (χ3v) is 3.23. The fourth-order valence-corrected chi connectivity index (χ4v) is 2.31. The van der Waals surface area contributed by atoms with Crippen molar-refractivity contribution >= 4 is 17.3 Å². The van der Waals surface area contributed by atoms with Crippen molar-refractivity contribution in [1.82, 2.24) is 0 Å². The summed E-state index contributed by atoms with van der Waals surface area (Å²) >= 11 is 0. The molecule has 1 aliphatic heterocycles. The number of piperidine rings is 1. The van der Waals surface area contributed by atoms with Gasteiger partial charge in [0, 0.05) is 13.1 Å². The number of nitrogens with two attached hydrogens (primary N) is 3. The molecule has 1 fully saturated rings. The van der Waals surface area contributed by atoms with E-state index in [0.29, 0.717) is 6.54 Å². The Labute approximate surface area is 108 Å². The number of rotatable bonds is 3. The third kappa shape index (κ3) is 3.06. The molecule has 1 aromatic carbocycles. The number of hydrogen-bond acceptors (Lipinski definition) is 3. The van der Waals surface area contributed by atoms with Crippen molar-refractivity contribution in [3.05, 3.63) is 23.8 Å². The van der Waals surface area contributed by atoms with E-state index < -0.39 is 0 Å². The minimum Gasteiger partial charge on any atom is -0.397 e. The number of aliphatic imine (C=N–C) groups is 1. The number of hydrogen-bond donors (Lipinski definition) is 3. The quantitative estimate of drug-likeness (QED) is 0.422. The average Bonchev–Trinajstić information content (AvgIpc) is 2.37. The van der Waals surface area contributed by atoms with Crippen LogP contribution in [0, 0.1) is 0 Å². The minimum atomic E-state index is 0.105. The summed E-state index contributed by atoms with van der Waals surface area (Å²) in [6, 6.07) is 6.06. The van der Waals surface area contributed by atoms with Crippen LogP contribution in [-0.4, -0.2) is 19.0 Å². The van der Waals surface area contributed by atoms with Gasteiger partial charge >= 0.3 is 0 Å². The maximum atomic E-state index is 6.11. The molecule has 0 aliphatic carbocycles. The lowest BCUT2D eigenvalue weighted by molar-refractivity contribution is 0.578. The Morgan fingerprint density at radius 3 is 2.50 bits per heavy atom. The average molecular weight is 247 g/mol. The van der Waals surface area contributed by atoms with Crippen LogP contribution in [0.3, 0.4) is 0 Å². The van der Waals surface area contributed by atoms with E-state index in [-0.39, 0.29) is 5.96 Å². The predicted molar refractivity (Wildman–Crippen MR) is 76.4 cm³/mol. The van der Waals surface area contributed by atoms with Crippen molar-refractivity contribution in [3.8, 4) is 0 Å². The van der Waals surface area contributed by atoms with Gasteiger partial charge in [-0.25, -0.2) is 4.99 Å². The third-order valence-electron chi connectivity index (χ3n) is 3.23. The molecule has 1 saturated heterocycles. The maximum absolute atomic E-state index is 6.11. The van der Waals surface area contributed by atoms with Crippen LogP contribution in [0.2, 0.25) is 0 Å². The van der Waals surface area contributed by atoms with Crippen molar-refractivity contribution in [2.24, 2.45) is 16.5 Å². The topological polar surface area (TPSA) is 93.7 Å². The van der Waals surface area contributed by atoms with Crippen molar-refractivity contribution in [1.29, 1.82) is 0 Å². The van der Waals surface area contributed by atoms with Crippen molar-refractivity contribution < 1.29 is 0 Å². The van der Waals surface area contributed by atoms with Crippen LogP contribution >= 0.6 is 0 Å². The molecule has 5 nitrogen and oxygen atoms in total. The van der Waals surface area contributed by atoms with Gasteiger partial charge in [-0.3, -0.25) is 0 Å². The van der Waals surface area contributed by atoms with Crippen LogP contribution in [0.5, 0.6) is 0 Å². The normalized spacial score (nSPS) is 15.4. The first-order valence-electron chi connectivity index (χ1n) is 6.35. The lowest BCUT2D eigenvalue weighted by atomic mass is 10.1. The van der Waals surface area contributed by atoms with Crippen molar-refractivity contribution in [3.63, 3.8) is 0 Å². The highest BCUT2D eigenvalue weighted by atomic mass is 15.1. The molecule has 0 spiro atoms. The molecule has 1 aromatic rings. The SMILES string of the molecule is NC(N)=NCc1ccc(N2CCCCC2)c(N)c1. The second kappa shape index (κ2) is 5.62. The Hall–Kier alpha value is -1.91. The number of nitrogens with zero attached hydrogens (tertiary/aromatic N) is 2. The molecule has 0 unspecified atom stereocenters. The summed E-state index contributed by atoms with van der Waals surface area (Å²) in [4.78, 5) is 6.33. The molecule has 0 atom stereocenters. The molecule has 0 saturated carbocycles. The molecule has 1 aliphatic rings. The summed E-state index contributed by atoms with van der Waals surface area (Å²) in [7, 11) is 0. The van der Waals surface area contributed by atoms with Crippen LogP contribution in [0.25, 0.3) is 0 Å². The first kappa shape index (κ1) is 12.5. The maximum Gasteiger partial charge on any atom is 0.186 e. The van der Waals surface area contributed by atoms with Crippen LogP contribution < -0.4 is 22.1 Å². The zero-order chi connectivity index (χ0) is 13.0. The van der Waals surface area contributed by atoms with Gasteiger partial charge in [-0.15, -0.1) is 0 Å². The molecule has 6 N–H and O–H groups in total. The standard InChI is InChI=1S/C13H21N5/c14-11-8-10(9-17-13(15)16)4-5-12(11)18-6-2-1-3-7-18/h4-5,8H,1-3,6-7,9,14H2,(H4,15,16,17). The summed E-state index contributed by atoms with van der Waals surface area (Å²) in [5, 5.41) is 0. The molecule has 0 amide bonds. The van der Waals surface area contributed by atoms with Gasteiger partial charge in [0.25, 0.3) is 0 Å². The Balaban J connectivity index is 2.11. The van der Waals surface area contributed by atoms with Crippen molar-refractivity contribution in [2.45, 2.75) is 25.8 Å². The van der Waals surface area contributed by atoms with Gasteiger partial charge in [0.05, 0.1) is 17.9 Å². The number of guanidine groups is 1. The fraction of sp³-hybridized carbons (Fsp3) is 0.462. The van der Waals surface area contributed by atoms with Crippen LogP contribution in [0.4, 0.5) is 11.4 Å². The Bertz CT molecular complexity index is 431. The highest BCUT2D eigenvalue weighted by molar-refractivity contribution is 5.75. The van der Waals surface area contributed by atoms with E-state index in [2.05, 4.69) is 16.0 Å². The van der Waals surface area contributed by atoms with E-state index >= 15 is 0 Å². The molecule has 5 heteroatoms. The smallest absolute Gasteiger partial charge is 0.186 e. The van der Waals surface area contributed by atoms with Gasteiger partial charge < -0.3 is 22.1 Å². The second-order valence-corrected chi connectivity index (χ2v) is 4.68. The lowest BCUT2D eigenvalue weighted by Gasteiger charge is -2.30. The van der Waals surface area contributed by atoms with Gasteiger partial charge in [-0.1, -0.05) is 6.07 Å². The van der Waals surface area contributed by atoms with E-state index in [4.69, 9.17) is 17.2 Å². The zero-order valence-corrected chi connectivity index (χ0v) is 10.6. The summed E-state index contributed by atoms with van der Waals surface area (Å²) < 4.78 is 0. The van der Waals surface area contributed by atoms with Gasteiger partial charge in [-0.2, -0.15) is 0 Å². The van der Waals surface area contributed by atoms with E-state index in [1.54, 1.807) is 0 Å². The minimum absolute atomic E-state index is 0.105. The Morgan fingerprint density at radius 2 is 1.89 bits per heavy atom. The molecule has 1 heterocycles. The van der Waals surface area contributed by atoms with Gasteiger partial charge in [0.15, 0.2) is 5.96 Å². The Kier molecular flexibility index (Phi) is 3.92. The van der Waals surface area contributed by atoms with Crippen molar-refractivity contribution in [2.75, 3.05) is 23.7 Å². The fourth-order valence-electron chi connectivity index (χ4n) is 2.31. The first-order chi connectivity index (χ1) is 8.66. The molecular weight excluding hydrogens is 226 g/mol. The number of nitrogen functional groups attached to an aromatic ring is 1. The van der Waals surface area contributed by atoms with E-state index in [0.717, 1.165) is 30.0 Å². The zero-order valence-electron chi connectivity index (χ0n) is 10.6. The van der Waals surface area contributed by atoms with Gasteiger partial charge in [0.1, 0.15) is 0 Å². The molecule has 0 aromatic heterocycles. The summed E-state index contributed by atoms with van der Waals surface area (Å²) in [6.45, 7) is 2.67. The van der Waals surface area contributed by atoms with Gasteiger partial charge in [-0.05, 0) is 37.0 Å². The highest BCUT2D eigenvalue weighted by Gasteiger charge is 2.13. The molecular formula is C13H21N5. The summed E-state index contributed by atoms with van der Waals surface area (Å²) in [6.07, 6.45) is 3.81. The molecule has 98 valence electrons. The van der Waals surface area contributed by atoms with E-state index in [1.165, 1.54) is 19.3 Å². The van der Waals surface area contributed by atoms with Crippen LogP contribution in [-0.2, 0) is 6.54 Å². The molecule has 0 bridgehead atoms. The van der Waals surface area contributed by atoms with Crippen LogP contribution in [0.15, 0.2) is 23.2 Å². The summed E-state index contributed by atoms with van der Waals surface area (Å²) in [5.74, 6) is 0.105. The van der Waals surface area contributed by atoms with E-state index in [9.17, 15) is 0 Å². The second-order valence-electron chi connectivity index (χ2n) is 4.68. The van der Waals surface area contributed by atoms with Crippen LogP contribution in [0.1, 0.15) is 24.8 Å². The molecule has 0 radical (unpaired) electrons. The van der Waals surface area contributed by atoms with Gasteiger partial charge in [0.2, 0.25) is 0 Å². The highest BCUT2D eigenvalue weighted by Crippen LogP contribution is 2.27. The molecule has 18 heavy (non-hydrogen) atoms. The summed E-state index contributed by atoms with van der Waals surface area (Å²) in [5.41, 5.74) is 19.7.